The number of aliphatic hydroxyl groups is 2. The van der Waals surface area contributed by atoms with E-state index in [2.05, 4.69) is 116 Å². The number of unbranched alkanes of at least 4 members (excludes halogenated alkanes) is 7. The third kappa shape index (κ3) is 32.4. The topological polar surface area (TPSA) is 69.6 Å². The lowest BCUT2D eigenvalue weighted by Gasteiger charge is -2.19. The standard InChI is InChI=1S/C42H67NO3/c1-3-5-7-9-11-13-15-16-17-18-19-20-21-22-23-24-25-26-28-30-32-34-36-38-42(46)43-40(39-44)41(45)37-35-33-31-29-27-14-12-10-8-6-4-2/h5,7,11,13,16-17,19-20,22-23,25-27,29-30,32,35,37,40-41,44-45H,3-4,6,8-10,12,14-15,18,21,24,28,31,33-34,36,38-39H2,1-2H3,(H,43,46)/b7-5-,13-11-,17-16-,20-19-,23-22-,26-25-,29-27+,32-30-,37-35+. The zero-order chi connectivity index (χ0) is 33.6. The second-order valence-corrected chi connectivity index (χ2v) is 11.5. The van der Waals surface area contributed by atoms with Crippen LogP contribution in [0.4, 0.5) is 0 Å². The van der Waals surface area contributed by atoms with Gasteiger partial charge >= 0.3 is 0 Å². The molecule has 2 atom stereocenters. The van der Waals surface area contributed by atoms with Gasteiger partial charge in [0.15, 0.2) is 0 Å². The number of carbonyl (C=O) groups is 1. The predicted molar refractivity (Wildman–Crippen MR) is 202 cm³/mol. The second kappa shape index (κ2) is 36.5. The molecule has 0 aliphatic heterocycles. The normalized spacial score (nSPS) is 14.4. The van der Waals surface area contributed by atoms with Crippen LogP contribution in [0.15, 0.2) is 109 Å². The Hall–Kier alpha value is -2.95. The van der Waals surface area contributed by atoms with Crippen LogP contribution < -0.4 is 5.32 Å². The molecule has 0 aromatic rings. The summed E-state index contributed by atoms with van der Waals surface area (Å²) in [5, 5.41) is 22.7. The van der Waals surface area contributed by atoms with Crippen LogP contribution in [0.25, 0.3) is 0 Å². The quantitative estimate of drug-likeness (QED) is 0.0544. The molecule has 2 unspecified atom stereocenters. The van der Waals surface area contributed by atoms with Crippen LogP contribution in [0.3, 0.4) is 0 Å². The van der Waals surface area contributed by atoms with Gasteiger partial charge in [-0.3, -0.25) is 4.79 Å². The number of hydrogen-bond acceptors (Lipinski definition) is 3. The second-order valence-electron chi connectivity index (χ2n) is 11.5. The SMILES string of the molecule is CC/C=C\C/C=C\C/C=C\C/C=C\C/C=C\C/C=C\C/C=C\CCCC(=O)NC(CO)C(O)/C=C/CC/C=C/CCCCCCC. The van der Waals surface area contributed by atoms with E-state index in [4.69, 9.17) is 0 Å². The van der Waals surface area contributed by atoms with Gasteiger partial charge < -0.3 is 15.5 Å². The van der Waals surface area contributed by atoms with Gasteiger partial charge in [-0.15, -0.1) is 0 Å². The van der Waals surface area contributed by atoms with Crippen molar-refractivity contribution < 1.29 is 15.0 Å². The van der Waals surface area contributed by atoms with Crippen molar-refractivity contribution in [3.05, 3.63) is 109 Å². The van der Waals surface area contributed by atoms with E-state index in [1.807, 2.05) is 6.08 Å². The van der Waals surface area contributed by atoms with E-state index < -0.39 is 12.1 Å². The van der Waals surface area contributed by atoms with Crippen LogP contribution in [0, 0.1) is 0 Å². The number of allylic oxidation sites excluding steroid dienone is 17. The van der Waals surface area contributed by atoms with E-state index in [9.17, 15) is 15.0 Å². The van der Waals surface area contributed by atoms with E-state index in [0.717, 1.165) is 77.0 Å². The van der Waals surface area contributed by atoms with Gasteiger partial charge in [0.1, 0.15) is 0 Å². The molecular weight excluding hydrogens is 566 g/mol. The predicted octanol–water partition coefficient (Wildman–Crippen LogP) is 10.9. The number of hydrogen-bond donors (Lipinski definition) is 3. The van der Waals surface area contributed by atoms with Gasteiger partial charge in [-0.1, -0.05) is 149 Å². The van der Waals surface area contributed by atoms with Crippen LogP contribution in [-0.2, 0) is 4.79 Å². The maximum atomic E-state index is 12.3. The third-order valence-electron chi connectivity index (χ3n) is 7.24. The maximum absolute atomic E-state index is 12.3. The molecule has 0 radical (unpaired) electrons. The summed E-state index contributed by atoms with van der Waals surface area (Å²) in [4.78, 5) is 12.3. The number of amides is 1. The molecule has 0 heterocycles. The summed E-state index contributed by atoms with van der Waals surface area (Å²) in [7, 11) is 0. The Bertz CT molecular complexity index is 948. The van der Waals surface area contributed by atoms with Crippen molar-refractivity contribution in [3.63, 3.8) is 0 Å². The van der Waals surface area contributed by atoms with Gasteiger partial charge in [-0.25, -0.2) is 0 Å². The summed E-state index contributed by atoms with van der Waals surface area (Å²) in [6.45, 7) is 4.10. The van der Waals surface area contributed by atoms with E-state index in [0.29, 0.717) is 6.42 Å². The Kier molecular flexibility index (Phi) is 34.2. The maximum Gasteiger partial charge on any atom is 0.220 e. The van der Waals surface area contributed by atoms with Crippen LogP contribution in [0.5, 0.6) is 0 Å². The number of nitrogens with one attached hydrogen (secondary N) is 1. The summed E-state index contributed by atoms with van der Waals surface area (Å²) >= 11 is 0. The lowest BCUT2D eigenvalue weighted by Crippen LogP contribution is -2.45. The van der Waals surface area contributed by atoms with Crippen LogP contribution >= 0.6 is 0 Å². The Morgan fingerprint density at radius 3 is 1.50 bits per heavy atom. The number of aliphatic hydroxyl groups excluding tert-OH is 2. The van der Waals surface area contributed by atoms with Crippen molar-refractivity contribution in [1.82, 2.24) is 5.32 Å². The smallest absolute Gasteiger partial charge is 0.220 e. The molecule has 0 fully saturated rings. The zero-order valence-electron chi connectivity index (χ0n) is 29.3. The van der Waals surface area contributed by atoms with E-state index >= 15 is 0 Å². The minimum Gasteiger partial charge on any atom is -0.394 e. The fourth-order valence-corrected chi connectivity index (χ4v) is 4.47. The first-order valence-corrected chi connectivity index (χ1v) is 18.1. The Morgan fingerprint density at radius 2 is 0.978 bits per heavy atom. The molecule has 0 aliphatic carbocycles. The van der Waals surface area contributed by atoms with Crippen molar-refractivity contribution >= 4 is 5.91 Å². The van der Waals surface area contributed by atoms with Crippen molar-refractivity contribution in [2.24, 2.45) is 0 Å². The fraction of sp³-hybridized carbons (Fsp3) is 0.548. The molecule has 0 saturated heterocycles. The molecule has 0 saturated carbocycles. The van der Waals surface area contributed by atoms with Gasteiger partial charge in [0, 0.05) is 6.42 Å². The van der Waals surface area contributed by atoms with E-state index in [-0.39, 0.29) is 12.5 Å². The first-order chi connectivity index (χ1) is 22.7. The van der Waals surface area contributed by atoms with Gasteiger partial charge in [-0.2, -0.15) is 0 Å². The molecule has 46 heavy (non-hydrogen) atoms. The fourth-order valence-electron chi connectivity index (χ4n) is 4.47. The largest absolute Gasteiger partial charge is 0.394 e. The van der Waals surface area contributed by atoms with E-state index in [1.165, 1.54) is 32.1 Å². The monoisotopic (exact) mass is 634 g/mol. The number of rotatable bonds is 30. The highest BCUT2D eigenvalue weighted by molar-refractivity contribution is 5.76. The summed E-state index contributed by atoms with van der Waals surface area (Å²) in [5.74, 6) is -0.140. The molecule has 4 nitrogen and oxygen atoms in total. The summed E-state index contributed by atoms with van der Waals surface area (Å²) in [5.41, 5.74) is 0. The minimum absolute atomic E-state index is 0.140. The van der Waals surface area contributed by atoms with Gasteiger partial charge in [0.2, 0.25) is 5.91 Å². The Balaban J connectivity index is 3.86. The van der Waals surface area contributed by atoms with Crippen molar-refractivity contribution in [2.75, 3.05) is 6.61 Å². The molecule has 4 heteroatoms. The van der Waals surface area contributed by atoms with Crippen LogP contribution in [-0.4, -0.2) is 34.9 Å². The number of carbonyl (C=O) groups excluding carboxylic acids is 1. The van der Waals surface area contributed by atoms with Crippen molar-refractivity contribution in [3.8, 4) is 0 Å². The summed E-state index contributed by atoms with van der Waals surface area (Å²) in [6, 6.07) is -0.675. The highest BCUT2D eigenvalue weighted by atomic mass is 16.3. The Labute approximate surface area is 283 Å². The molecular formula is C42H67NO3. The molecule has 1 amide bonds. The van der Waals surface area contributed by atoms with Gasteiger partial charge in [0.25, 0.3) is 0 Å². The third-order valence-corrected chi connectivity index (χ3v) is 7.24. The molecule has 0 bridgehead atoms. The average molecular weight is 634 g/mol. The summed E-state index contributed by atoms with van der Waals surface area (Å²) in [6.07, 6.45) is 56.0. The first-order valence-electron chi connectivity index (χ1n) is 18.1. The molecule has 0 spiro atoms. The average Bonchev–Trinajstić information content (AvgIpc) is 3.06. The molecule has 0 aromatic carbocycles. The van der Waals surface area contributed by atoms with Crippen molar-refractivity contribution in [2.45, 2.75) is 142 Å². The first kappa shape index (κ1) is 43.0. The molecule has 0 rings (SSSR count). The zero-order valence-corrected chi connectivity index (χ0v) is 29.3. The van der Waals surface area contributed by atoms with Gasteiger partial charge in [-0.05, 0) is 83.5 Å². The van der Waals surface area contributed by atoms with Crippen molar-refractivity contribution in [1.29, 1.82) is 0 Å². The lowest BCUT2D eigenvalue weighted by molar-refractivity contribution is -0.122. The molecule has 0 aromatic heterocycles. The lowest BCUT2D eigenvalue weighted by atomic mass is 10.1. The molecule has 3 N–H and O–H groups in total. The Morgan fingerprint density at radius 1 is 0.543 bits per heavy atom. The van der Waals surface area contributed by atoms with E-state index in [1.54, 1.807) is 6.08 Å². The minimum atomic E-state index is -0.891. The van der Waals surface area contributed by atoms with Crippen LogP contribution in [0.1, 0.15) is 129 Å². The molecule has 258 valence electrons. The van der Waals surface area contributed by atoms with Gasteiger partial charge in [0.05, 0.1) is 18.8 Å². The highest BCUT2D eigenvalue weighted by Gasteiger charge is 2.17. The van der Waals surface area contributed by atoms with Crippen LogP contribution in [0.2, 0.25) is 0 Å². The highest BCUT2D eigenvalue weighted by Crippen LogP contribution is 2.07. The summed E-state index contributed by atoms with van der Waals surface area (Å²) < 4.78 is 0. The molecule has 0 aliphatic rings.